The molecule has 0 bridgehead atoms. The van der Waals surface area contributed by atoms with Gasteiger partial charge in [-0.1, -0.05) is 6.42 Å². The molecular weight excluding hydrogens is 302 g/mol. The van der Waals surface area contributed by atoms with Crippen molar-refractivity contribution in [3.63, 3.8) is 0 Å². The molecule has 0 radical (unpaired) electrons. The van der Waals surface area contributed by atoms with E-state index in [1.54, 1.807) is 16.4 Å². The number of fused-ring (bicyclic) bond motifs is 1. The van der Waals surface area contributed by atoms with Gasteiger partial charge in [0.1, 0.15) is 13.2 Å². The first kappa shape index (κ1) is 15.6. The molecule has 1 saturated heterocycles. The molecule has 0 N–H and O–H groups in total. The van der Waals surface area contributed by atoms with Gasteiger partial charge in [0.2, 0.25) is 10.0 Å². The first-order valence-electron chi connectivity index (χ1n) is 7.85. The van der Waals surface area contributed by atoms with Gasteiger partial charge in [-0.25, -0.2) is 8.42 Å². The third-order valence-corrected chi connectivity index (χ3v) is 6.78. The normalized spacial score (nSPS) is 26.0. The van der Waals surface area contributed by atoms with E-state index in [9.17, 15) is 8.42 Å². The monoisotopic (exact) mass is 325 g/mol. The number of aryl methyl sites for hydroxylation is 1. The van der Waals surface area contributed by atoms with E-state index in [-0.39, 0.29) is 12.1 Å². The van der Waals surface area contributed by atoms with E-state index in [1.807, 2.05) is 20.8 Å². The summed E-state index contributed by atoms with van der Waals surface area (Å²) in [7, 11) is -3.53. The first-order valence-corrected chi connectivity index (χ1v) is 9.29. The smallest absolute Gasteiger partial charge is 0.243 e. The second-order valence-corrected chi connectivity index (χ2v) is 8.04. The fraction of sp³-hybridized carbons (Fsp3) is 0.625. The summed E-state index contributed by atoms with van der Waals surface area (Å²) in [5.74, 6) is 1.15. The molecule has 0 aliphatic carbocycles. The molecule has 2 unspecified atom stereocenters. The molecule has 6 heteroatoms. The van der Waals surface area contributed by atoms with Gasteiger partial charge in [0.05, 0.1) is 4.90 Å². The number of piperidine rings is 1. The molecule has 0 amide bonds. The molecule has 5 nitrogen and oxygen atoms in total. The summed E-state index contributed by atoms with van der Waals surface area (Å²) in [6.45, 7) is 6.73. The van der Waals surface area contributed by atoms with Gasteiger partial charge in [-0.3, -0.25) is 0 Å². The van der Waals surface area contributed by atoms with Gasteiger partial charge in [-0.05, 0) is 45.2 Å². The van der Waals surface area contributed by atoms with Crippen molar-refractivity contribution in [1.29, 1.82) is 0 Å². The summed E-state index contributed by atoms with van der Waals surface area (Å²) in [4.78, 5) is 0.331. The zero-order valence-electron chi connectivity index (χ0n) is 13.3. The second kappa shape index (κ2) is 5.74. The lowest BCUT2D eigenvalue weighted by atomic mass is 10.0. The summed E-state index contributed by atoms with van der Waals surface area (Å²) in [5, 5.41) is 0. The van der Waals surface area contributed by atoms with Crippen molar-refractivity contribution < 1.29 is 17.9 Å². The van der Waals surface area contributed by atoms with Crippen LogP contribution in [0.25, 0.3) is 0 Å². The molecule has 1 aromatic carbocycles. The van der Waals surface area contributed by atoms with Gasteiger partial charge in [-0.15, -0.1) is 0 Å². The molecule has 2 aliphatic heterocycles. The zero-order valence-corrected chi connectivity index (χ0v) is 14.1. The van der Waals surface area contributed by atoms with E-state index in [0.29, 0.717) is 35.2 Å². The van der Waals surface area contributed by atoms with Crippen LogP contribution in [0.2, 0.25) is 0 Å². The standard InChI is InChI=1S/C16H23NO4S/c1-11-9-14-15(21-8-7-20-14)10-16(11)22(18,19)17-12(2)5-4-6-13(17)3/h9-10,12-13H,4-8H2,1-3H3. The maximum atomic E-state index is 13.1. The molecule has 2 atom stereocenters. The zero-order chi connectivity index (χ0) is 15.9. The van der Waals surface area contributed by atoms with Crippen LogP contribution in [0.5, 0.6) is 11.5 Å². The van der Waals surface area contributed by atoms with E-state index in [1.165, 1.54) is 0 Å². The molecule has 22 heavy (non-hydrogen) atoms. The van der Waals surface area contributed by atoms with Crippen molar-refractivity contribution in [3.8, 4) is 11.5 Å². The summed E-state index contributed by atoms with van der Waals surface area (Å²) in [5.41, 5.74) is 0.703. The quantitative estimate of drug-likeness (QED) is 0.839. The highest BCUT2D eigenvalue weighted by molar-refractivity contribution is 7.89. The predicted molar refractivity (Wildman–Crippen MR) is 84.0 cm³/mol. The van der Waals surface area contributed by atoms with Gasteiger partial charge in [0.25, 0.3) is 0 Å². The number of hydrogen-bond acceptors (Lipinski definition) is 4. The number of sulfonamides is 1. The Labute approximate surface area is 132 Å². The molecule has 122 valence electrons. The Morgan fingerprint density at radius 2 is 1.59 bits per heavy atom. The maximum absolute atomic E-state index is 13.1. The number of nitrogens with zero attached hydrogens (tertiary/aromatic N) is 1. The summed E-state index contributed by atoms with van der Waals surface area (Å²) < 4.78 is 39.0. The van der Waals surface area contributed by atoms with Crippen LogP contribution in [0, 0.1) is 6.92 Å². The van der Waals surface area contributed by atoms with Gasteiger partial charge in [-0.2, -0.15) is 4.31 Å². The maximum Gasteiger partial charge on any atom is 0.243 e. The lowest BCUT2D eigenvalue weighted by Crippen LogP contribution is -2.47. The minimum atomic E-state index is -3.53. The first-order chi connectivity index (χ1) is 10.4. The van der Waals surface area contributed by atoms with Crippen LogP contribution in [0.15, 0.2) is 17.0 Å². The van der Waals surface area contributed by atoms with Crippen molar-refractivity contribution in [1.82, 2.24) is 4.31 Å². The Balaban J connectivity index is 2.05. The third-order valence-electron chi connectivity index (χ3n) is 4.51. The molecule has 2 aliphatic rings. The van der Waals surface area contributed by atoms with Gasteiger partial charge in [0, 0.05) is 18.2 Å². The number of hydrogen-bond donors (Lipinski definition) is 0. The van der Waals surface area contributed by atoms with Crippen LogP contribution < -0.4 is 9.47 Å². The molecule has 0 saturated carbocycles. The molecule has 0 spiro atoms. The highest BCUT2D eigenvalue weighted by atomic mass is 32.2. The van der Waals surface area contributed by atoms with E-state index in [2.05, 4.69) is 0 Å². The summed E-state index contributed by atoms with van der Waals surface area (Å²) >= 11 is 0. The molecule has 3 rings (SSSR count). The lowest BCUT2D eigenvalue weighted by Gasteiger charge is -2.38. The van der Waals surface area contributed by atoms with Crippen LogP contribution in [0.1, 0.15) is 38.7 Å². The summed E-state index contributed by atoms with van der Waals surface area (Å²) in [6.07, 6.45) is 2.90. The average Bonchev–Trinajstić information content (AvgIpc) is 2.46. The fourth-order valence-electron chi connectivity index (χ4n) is 3.43. The SMILES string of the molecule is Cc1cc2c(cc1S(=O)(=O)N1C(C)CCCC1C)OCCO2. The Kier molecular flexibility index (Phi) is 4.07. The van der Waals surface area contributed by atoms with Crippen molar-refractivity contribution in [2.75, 3.05) is 13.2 Å². The number of benzene rings is 1. The van der Waals surface area contributed by atoms with Gasteiger partial charge < -0.3 is 9.47 Å². The van der Waals surface area contributed by atoms with Crippen LogP contribution >= 0.6 is 0 Å². The average molecular weight is 325 g/mol. The Bertz CT molecular complexity index is 661. The highest BCUT2D eigenvalue weighted by Gasteiger charge is 2.37. The fourth-order valence-corrected chi connectivity index (χ4v) is 5.54. The largest absolute Gasteiger partial charge is 0.486 e. The molecule has 0 aromatic heterocycles. The molecule has 1 fully saturated rings. The molecule has 2 heterocycles. The molecule has 1 aromatic rings. The third kappa shape index (κ3) is 2.58. The van der Waals surface area contributed by atoms with Crippen molar-refractivity contribution in [2.24, 2.45) is 0 Å². The van der Waals surface area contributed by atoms with E-state index < -0.39 is 10.0 Å². The Morgan fingerprint density at radius 1 is 1.05 bits per heavy atom. The highest BCUT2D eigenvalue weighted by Crippen LogP contribution is 2.37. The number of ether oxygens (including phenoxy) is 2. The lowest BCUT2D eigenvalue weighted by molar-refractivity contribution is 0.170. The van der Waals surface area contributed by atoms with E-state index in [0.717, 1.165) is 19.3 Å². The van der Waals surface area contributed by atoms with Gasteiger partial charge in [0.15, 0.2) is 11.5 Å². The van der Waals surface area contributed by atoms with E-state index >= 15 is 0 Å². The van der Waals surface area contributed by atoms with Crippen molar-refractivity contribution in [2.45, 2.75) is 57.0 Å². The topological polar surface area (TPSA) is 55.8 Å². The minimum absolute atomic E-state index is 0.0290. The van der Waals surface area contributed by atoms with Crippen LogP contribution in [-0.2, 0) is 10.0 Å². The van der Waals surface area contributed by atoms with Crippen molar-refractivity contribution >= 4 is 10.0 Å². The van der Waals surface area contributed by atoms with Gasteiger partial charge >= 0.3 is 0 Å². The van der Waals surface area contributed by atoms with E-state index in [4.69, 9.17) is 9.47 Å². The van der Waals surface area contributed by atoms with Crippen LogP contribution in [-0.4, -0.2) is 38.0 Å². The number of rotatable bonds is 2. The Hall–Kier alpha value is -1.27. The van der Waals surface area contributed by atoms with Crippen molar-refractivity contribution in [3.05, 3.63) is 17.7 Å². The predicted octanol–water partition coefficient (Wildman–Crippen LogP) is 2.72. The summed E-state index contributed by atoms with van der Waals surface area (Å²) in [6, 6.07) is 3.44. The van der Waals surface area contributed by atoms with Crippen LogP contribution in [0.4, 0.5) is 0 Å². The molecular formula is C16H23NO4S. The second-order valence-electron chi connectivity index (χ2n) is 6.23. The van der Waals surface area contributed by atoms with Crippen LogP contribution in [0.3, 0.4) is 0 Å². The minimum Gasteiger partial charge on any atom is -0.486 e. The Morgan fingerprint density at radius 3 is 2.18 bits per heavy atom.